The summed E-state index contributed by atoms with van der Waals surface area (Å²) in [5.41, 5.74) is 6.09. The summed E-state index contributed by atoms with van der Waals surface area (Å²) in [6.07, 6.45) is 4.42. The van der Waals surface area contributed by atoms with Gasteiger partial charge >= 0.3 is 0 Å². The Hall–Kier alpha value is -1.79. The maximum Gasteiger partial charge on any atom is 0.263 e. The molecule has 0 saturated carbocycles. The minimum absolute atomic E-state index is 0.0357. The topological polar surface area (TPSA) is 68.0 Å². The van der Waals surface area contributed by atoms with Crippen LogP contribution in [0.25, 0.3) is 10.6 Å². The van der Waals surface area contributed by atoms with Crippen LogP contribution in [0.15, 0.2) is 30.5 Å². The second kappa shape index (κ2) is 8.00. The Morgan fingerprint density at radius 2 is 2.23 bits per heavy atom. The van der Waals surface area contributed by atoms with Crippen LogP contribution in [0.2, 0.25) is 0 Å². The van der Waals surface area contributed by atoms with E-state index in [9.17, 15) is 9.18 Å². The summed E-state index contributed by atoms with van der Waals surface area (Å²) in [5.74, 6) is -0.543. The van der Waals surface area contributed by atoms with Crippen molar-refractivity contribution in [1.29, 1.82) is 0 Å². The van der Waals surface area contributed by atoms with Crippen molar-refractivity contribution in [3.8, 4) is 10.6 Å². The molecule has 118 valence electrons. The average molecular weight is 321 g/mol. The molecular formula is C16H20FN3OS. The van der Waals surface area contributed by atoms with Gasteiger partial charge in [-0.05, 0) is 18.6 Å². The highest BCUT2D eigenvalue weighted by atomic mass is 32.1. The molecule has 2 rings (SSSR count). The number of amides is 1. The molecule has 2 aromatic rings. The molecule has 1 aromatic heterocycles. The highest BCUT2D eigenvalue weighted by molar-refractivity contribution is 7.16. The van der Waals surface area contributed by atoms with Crippen LogP contribution in [0.5, 0.6) is 0 Å². The van der Waals surface area contributed by atoms with Crippen LogP contribution in [0.1, 0.15) is 35.9 Å². The van der Waals surface area contributed by atoms with Crippen LogP contribution in [0.3, 0.4) is 0 Å². The monoisotopic (exact) mass is 321 g/mol. The second-order valence-corrected chi connectivity index (χ2v) is 6.09. The molecule has 0 fully saturated rings. The predicted octanol–water partition coefficient (Wildman–Crippen LogP) is 3.20. The van der Waals surface area contributed by atoms with Crippen LogP contribution in [-0.2, 0) is 0 Å². The van der Waals surface area contributed by atoms with E-state index in [1.165, 1.54) is 23.6 Å². The summed E-state index contributed by atoms with van der Waals surface area (Å²) < 4.78 is 13.7. The van der Waals surface area contributed by atoms with Crippen molar-refractivity contribution in [2.75, 3.05) is 6.54 Å². The zero-order chi connectivity index (χ0) is 15.9. The minimum Gasteiger partial charge on any atom is -0.347 e. The van der Waals surface area contributed by atoms with Gasteiger partial charge in [0.2, 0.25) is 0 Å². The zero-order valence-electron chi connectivity index (χ0n) is 12.5. The van der Waals surface area contributed by atoms with Crippen LogP contribution >= 0.6 is 11.3 Å². The van der Waals surface area contributed by atoms with Crippen molar-refractivity contribution in [1.82, 2.24) is 10.3 Å². The first-order valence-corrected chi connectivity index (χ1v) is 8.19. The lowest BCUT2D eigenvalue weighted by Crippen LogP contribution is -2.39. The molecule has 0 aliphatic carbocycles. The molecule has 0 aliphatic rings. The Labute approximate surface area is 133 Å². The number of nitrogens with zero attached hydrogens (tertiary/aromatic N) is 1. The highest BCUT2D eigenvalue weighted by Crippen LogP contribution is 2.27. The Morgan fingerprint density at radius 1 is 1.45 bits per heavy atom. The van der Waals surface area contributed by atoms with Crippen molar-refractivity contribution >= 4 is 17.2 Å². The van der Waals surface area contributed by atoms with E-state index in [0.717, 1.165) is 19.3 Å². The quantitative estimate of drug-likeness (QED) is 0.823. The van der Waals surface area contributed by atoms with E-state index in [1.807, 2.05) is 0 Å². The molecule has 6 heteroatoms. The van der Waals surface area contributed by atoms with Crippen molar-refractivity contribution in [2.45, 2.75) is 32.2 Å². The summed E-state index contributed by atoms with van der Waals surface area (Å²) in [5, 5.41) is 3.41. The first-order chi connectivity index (χ1) is 10.7. The number of carbonyl (C=O) groups is 1. The van der Waals surface area contributed by atoms with Gasteiger partial charge in [-0.3, -0.25) is 4.79 Å². The number of nitrogens with one attached hydrogen (secondary N) is 1. The van der Waals surface area contributed by atoms with Gasteiger partial charge < -0.3 is 11.1 Å². The van der Waals surface area contributed by atoms with E-state index in [-0.39, 0.29) is 17.8 Å². The maximum absolute atomic E-state index is 13.7. The number of hydrogen-bond acceptors (Lipinski definition) is 4. The number of hydrogen-bond donors (Lipinski definition) is 2. The summed E-state index contributed by atoms with van der Waals surface area (Å²) in [7, 11) is 0. The van der Waals surface area contributed by atoms with Gasteiger partial charge in [0.05, 0.1) is 6.20 Å². The molecule has 3 N–H and O–H groups in total. The number of unbranched alkanes of at least 4 members (excludes halogenated alkanes) is 1. The van der Waals surface area contributed by atoms with Crippen molar-refractivity contribution in [3.63, 3.8) is 0 Å². The van der Waals surface area contributed by atoms with Crippen LogP contribution < -0.4 is 11.1 Å². The molecular weight excluding hydrogens is 301 g/mol. The second-order valence-electron chi connectivity index (χ2n) is 5.06. The third-order valence-corrected chi connectivity index (χ3v) is 4.39. The molecule has 1 aromatic carbocycles. The lowest BCUT2D eigenvalue weighted by Gasteiger charge is -2.15. The summed E-state index contributed by atoms with van der Waals surface area (Å²) >= 11 is 1.18. The van der Waals surface area contributed by atoms with E-state index in [1.54, 1.807) is 18.2 Å². The van der Waals surface area contributed by atoms with Gasteiger partial charge in [0, 0.05) is 18.2 Å². The highest BCUT2D eigenvalue weighted by Gasteiger charge is 2.16. The zero-order valence-corrected chi connectivity index (χ0v) is 13.3. The fourth-order valence-electron chi connectivity index (χ4n) is 2.09. The van der Waals surface area contributed by atoms with Gasteiger partial charge in [-0.25, -0.2) is 9.37 Å². The SMILES string of the molecule is CCCCC(CN)NC(=O)c1cnc(-c2ccccc2F)s1. The summed E-state index contributed by atoms with van der Waals surface area (Å²) in [6, 6.07) is 6.37. The first-order valence-electron chi connectivity index (χ1n) is 7.37. The van der Waals surface area contributed by atoms with E-state index in [0.29, 0.717) is 22.0 Å². The molecule has 1 heterocycles. The standard InChI is InChI=1S/C16H20FN3OS/c1-2-3-6-11(9-18)20-15(21)14-10-19-16(22-14)12-7-4-5-8-13(12)17/h4-5,7-8,10-11H,2-3,6,9,18H2,1H3,(H,20,21). The van der Waals surface area contributed by atoms with Crippen LogP contribution in [-0.4, -0.2) is 23.5 Å². The summed E-state index contributed by atoms with van der Waals surface area (Å²) in [4.78, 5) is 16.8. The van der Waals surface area contributed by atoms with Crippen LogP contribution in [0, 0.1) is 5.82 Å². The molecule has 22 heavy (non-hydrogen) atoms. The largest absolute Gasteiger partial charge is 0.347 e. The normalized spacial score (nSPS) is 12.1. The molecule has 0 bridgehead atoms. The Balaban J connectivity index is 2.07. The first kappa shape index (κ1) is 16.6. The van der Waals surface area contributed by atoms with E-state index < -0.39 is 0 Å². The fraction of sp³-hybridized carbons (Fsp3) is 0.375. The predicted molar refractivity (Wildman–Crippen MR) is 87.3 cm³/mol. The van der Waals surface area contributed by atoms with Gasteiger partial charge in [0.25, 0.3) is 5.91 Å². The average Bonchev–Trinajstić information content (AvgIpc) is 3.01. The maximum atomic E-state index is 13.7. The smallest absolute Gasteiger partial charge is 0.263 e. The number of carbonyl (C=O) groups excluding carboxylic acids is 1. The van der Waals surface area contributed by atoms with E-state index in [2.05, 4.69) is 17.2 Å². The number of aromatic nitrogens is 1. The third-order valence-electron chi connectivity index (χ3n) is 3.36. The number of thiazole rings is 1. The summed E-state index contributed by atoms with van der Waals surface area (Å²) in [6.45, 7) is 2.50. The Bertz CT molecular complexity index is 629. The van der Waals surface area contributed by atoms with E-state index >= 15 is 0 Å². The molecule has 1 amide bonds. The minimum atomic E-state index is -0.341. The number of nitrogens with two attached hydrogens (primary N) is 1. The van der Waals surface area contributed by atoms with Gasteiger partial charge in [-0.15, -0.1) is 11.3 Å². The molecule has 0 aliphatic heterocycles. The van der Waals surface area contributed by atoms with Gasteiger partial charge in [-0.1, -0.05) is 31.9 Å². The molecule has 0 radical (unpaired) electrons. The molecule has 4 nitrogen and oxygen atoms in total. The molecule has 0 spiro atoms. The van der Waals surface area contributed by atoms with Crippen LogP contribution in [0.4, 0.5) is 4.39 Å². The van der Waals surface area contributed by atoms with Crippen molar-refractivity contribution in [2.24, 2.45) is 5.73 Å². The van der Waals surface area contributed by atoms with Gasteiger partial charge in [-0.2, -0.15) is 0 Å². The number of benzene rings is 1. The van der Waals surface area contributed by atoms with Gasteiger partial charge in [0.15, 0.2) is 0 Å². The van der Waals surface area contributed by atoms with Crippen molar-refractivity contribution in [3.05, 3.63) is 41.2 Å². The third kappa shape index (κ3) is 4.11. The fourth-order valence-corrected chi connectivity index (χ4v) is 2.94. The lowest BCUT2D eigenvalue weighted by molar-refractivity contribution is 0.0939. The molecule has 1 atom stereocenters. The Morgan fingerprint density at radius 3 is 2.91 bits per heavy atom. The van der Waals surface area contributed by atoms with Crippen molar-refractivity contribution < 1.29 is 9.18 Å². The lowest BCUT2D eigenvalue weighted by atomic mass is 10.1. The van der Waals surface area contributed by atoms with Gasteiger partial charge in [0.1, 0.15) is 15.7 Å². The number of halogens is 1. The molecule has 1 unspecified atom stereocenters. The molecule has 0 saturated heterocycles. The number of rotatable bonds is 7. The van der Waals surface area contributed by atoms with E-state index in [4.69, 9.17) is 5.73 Å². The Kier molecular flexibility index (Phi) is 6.03.